The Bertz CT molecular complexity index is 491. The van der Waals surface area contributed by atoms with E-state index in [-0.39, 0.29) is 13.0 Å². The van der Waals surface area contributed by atoms with Crippen LogP contribution in [-0.4, -0.2) is 42.9 Å². The molecule has 1 atom stereocenters. The normalized spacial score (nSPS) is 12.7. The summed E-state index contributed by atoms with van der Waals surface area (Å²) < 4.78 is 39.7. The van der Waals surface area contributed by atoms with Crippen LogP contribution in [0, 0.1) is 5.92 Å². The van der Waals surface area contributed by atoms with Crippen molar-refractivity contribution in [3.63, 3.8) is 0 Å². The Morgan fingerprint density at radius 3 is 2.41 bits per heavy atom. The highest BCUT2D eigenvalue weighted by molar-refractivity contribution is 5.78. The summed E-state index contributed by atoms with van der Waals surface area (Å²) in [5.74, 6) is -2.75. The number of benzene rings is 1. The summed E-state index contributed by atoms with van der Waals surface area (Å²) in [5.41, 5.74) is 0.789. The van der Waals surface area contributed by atoms with Crippen molar-refractivity contribution < 1.29 is 32.6 Å². The standard InChI is InChI=1S/C14H16F3NO4/c15-14(16,17)9-22-8-12(19)18-7-11(13(20)21)6-10-4-2-1-3-5-10/h1-5,11H,6-9H2,(H,18,19)(H,20,21). The van der Waals surface area contributed by atoms with Gasteiger partial charge in [0.05, 0.1) is 5.92 Å². The zero-order chi connectivity index (χ0) is 16.6. The Labute approximate surface area is 125 Å². The summed E-state index contributed by atoms with van der Waals surface area (Å²) in [6, 6.07) is 8.82. The third-order valence-electron chi connectivity index (χ3n) is 2.72. The van der Waals surface area contributed by atoms with Crippen molar-refractivity contribution in [3.8, 4) is 0 Å². The van der Waals surface area contributed by atoms with Gasteiger partial charge in [0.25, 0.3) is 0 Å². The van der Waals surface area contributed by atoms with E-state index in [0.717, 1.165) is 5.56 Å². The molecule has 5 nitrogen and oxygen atoms in total. The van der Waals surface area contributed by atoms with Gasteiger partial charge in [0, 0.05) is 6.54 Å². The van der Waals surface area contributed by atoms with E-state index < -0.39 is 37.2 Å². The zero-order valence-electron chi connectivity index (χ0n) is 11.6. The van der Waals surface area contributed by atoms with Gasteiger partial charge in [-0.3, -0.25) is 9.59 Å². The van der Waals surface area contributed by atoms with Crippen molar-refractivity contribution in [1.82, 2.24) is 5.32 Å². The van der Waals surface area contributed by atoms with Crippen LogP contribution >= 0.6 is 0 Å². The molecule has 0 aromatic heterocycles. The average Bonchev–Trinajstić information content (AvgIpc) is 2.42. The monoisotopic (exact) mass is 319 g/mol. The first kappa shape index (κ1) is 18.0. The summed E-state index contributed by atoms with van der Waals surface area (Å²) in [7, 11) is 0. The average molecular weight is 319 g/mol. The number of hydrogen-bond acceptors (Lipinski definition) is 3. The van der Waals surface area contributed by atoms with Gasteiger partial charge in [-0.25, -0.2) is 0 Å². The molecule has 1 aromatic rings. The second-order valence-electron chi connectivity index (χ2n) is 4.64. The first-order chi connectivity index (χ1) is 10.3. The Hall–Kier alpha value is -2.09. The van der Waals surface area contributed by atoms with Crippen LogP contribution in [-0.2, 0) is 20.7 Å². The fourth-order valence-corrected chi connectivity index (χ4v) is 1.69. The fraction of sp³-hybridized carbons (Fsp3) is 0.429. The Morgan fingerprint density at radius 2 is 1.86 bits per heavy atom. The highest BCUT2D eigenvalue weighted by Crippen LogP contribution is 2.14. The van der Waals surface area contributed by atoms with Crippen molar-refractivity contribution in [1.29, 1.82) is 0 Å². The third-order valence-corrected chi connectivity index (χ3v) is 2.72. The van der Waals surface area contributed by atoms with Gasteiger partial charge in [0.2, 0.25) is 5.91 Å². The van der Waals surface area contributed by atoms with E-state index in [1.807, 2.05) is 0 Å². The third kappa shape index (κ3) is 7.63. The maximum Gasteiger partial charge on any atom is 0.411 e. The van der Waals surface area contributed by atoms with Gasteiger partial charge in [-0.2, -0.15) is 13.2 Å². The highest BCUT2D eigenvalue weighted by atomic mass is 19.4. The van der Waals surface area contributed by atoms with Crippen LogP contribution < -0.4 is 5.32 Å². The predicted molar refractivity (Wildman–Crippen MR) is 71.2 cm³/mol. The summed E-state index contributed by atoms with van der Waals surface area (Å²) in [6.07, 6.45) is -4.29. The molecule has 1 rings (SSSR count). The van der Waals surface area contributed by atoms with Crippen molar-refractivity contribution in [2.24, 2.45) is 5.92 Å². The summed E-state index contributed by atoms with van der Waals surface area (Å²) >= 11 is 0. The summed E-state index contributed by atoms with van der Waals surface area (Å²) in [5, 5.41) is 11.4. The molecule has 0 aliphatic carbocycles. The van der Waals surface area contributed by atoms with Crippen molar-refractivity contribution in [3.05, 3.63) is 35.9 Å². The van der Waals surface area contributed by atoms with E-state index in [9.17, 15) is 22.8 Å². The number of carboxylic acid groups (broad SMARTS) is 1. The number of rotatable bonds is 8. The molecular weight excluding hydrogens is 303 g/mol. The van der Waals surface area contributed by atoms with Crippen LogP contribution in [0.2, 0.25) is 0 Å². The zero-order valence-corrected chi connectivity index (χ0v) is 11.6. The van der Waals surface area contributed by atoms with Gasteiger partial charge >= 0.3 is 12.1 Å². The lowest BCUT2D eigenvalue weighted by Gasteiger charge is -2.14. The number of amides is 1. The molecule has 0 aliphatic heterocycles. The maximum absolute atomic E-state index is 11.8. The van der Waals surface area contributed by atoms with E-state index in [0.29, 0.717) is 0 Å². The van der Waals surface area contributed by atoms with Crippen LogP contribution in [0.5, 0.6) is 0 Å². The maximum atomic E-state index is 11.8. The molecule has 1 amide bonds. The molecule has 2 N–H and O–H groups in total. The van der Waals surface area contributed by atoms with Crippen molar-refractivity contribution >= 4 is 11.9 Å². The minimum absolute atomic E-state index is 0.182. The second-order valence-corrected chi connectivity index (χ2v) is 4.64. The smallest absolute Gasteiger partial charge is 0.411 e. The lowest BCUT2D eigenvalue weighted by molar-refractivity contribution is -0.175. The first-order valence-corrected chi connectivity index (χ1v) is 6.46. The number of halogens is 3. The van der Waals surface area contributed by atoms with Crippen LogP contribution in [0.1, 0.15) is 5.56 Å². The topological polar surface area (TPSA) is 75.6 Å². The van der Waals surface area contributed by atoms with E-state index in [2.05, 4.69) is 10.1 Å². The van der Waals surface area contributed by atoms with Crippen molar-refractivity contribution in [2.75, 3.05) is 19.8 Å². The number of alkyl halides is 3. The number of carbonyl (C=O) groups is 2. The number of ether oxygens (including phenoxy) is 1. The lowest BCUT2D eigenvalue weighted by Crippen LogP contribution is -2.36. The molecule has 0 aliphatic rings. The molecule has 0 bridgehead atoms. The van der Waals surface area contributed by atoms with E-state index >= 15 is 0 Å². The van der Waals surface area contributed by atoms with E-state index in [1.54, 1.807) is 30.3 Å². The van der Waals surface area contributed by atoms with Gasteiger partial charge in [0.1, 0.15) is 13.2 Å². The molecule has 0 heterocycles. The molecule has 22 heavy (non-hydrogen) atoms. The fourth-order valence-electron chi connectivity index (χ4n) is 1.69. The van der Waals surface area contributed by atoms with E-state index in [4.69, 9.17) is 5.11 Å². The molecule has 0 fully saturated rings. The molecule has 1 aromatic carbocycles. The van der Waals surface area contributed by atoms with Gasteiger partial charge in [-0.1, -0.05) is 30.3 Å². The van der Waals surface area contributed by atoms with Gasteiger partial charge in [-0.15, -0.1) is 0 Å². The van der Waals surface area contributed by atoms with Crippen LogP contribution in [0.4, 0.5) is 13.2 Å². The number of aliphatic carboxylic acids is 1. The lowest BCUT2D eigenvalue weighted by atomic mass is 9.99. The van der Waals surface area contributed by atoms with E-state index in [1.165, 1.54) is 0 Å². The molecule has 122 valence electrons. The van der Waals surface area contributed by atoms with Crippen molar-refractivity contribution in [2.45, 2.75) is 12.6 Å². The minimum atomic E-state index is -4.50. The molecule has 0 spiro atoms. The molecule has 8 heteroatoms. The number of carboxylic acids is 1. The van der Waals surface area contributed by atoms with Gasteiger partial charge in [0.15, 0.2) is 0 Å². The number of carbonyl (C=O) groups excluding carboxylic acids is 1. The number of nitrogens with one attached hydrogen (secondary N) is 1. The second kappa shape index (κ2) is 8.38. The SMILES string of the molecule is O=C(COCC(F)(F)F)NCC(Cc1ccccc1)C(=O)O. The Balaban J connectivity index is 2.38. The number of hydrogen-bond donors (Lipinski definition) is 2. The molecule has 1 unspecified atom stereocenters. The largest absolute Gasteiger partial charge is 0.481 e. The molecule has 0 saturated carbocycles. The molecule has 0 radical (unpaired) electrons. The van der Waals surface area contributed by atoms with Gasteiger partial charge in [-0.05, 0) is 12.0 Å². The van der Waals surface area contributed by atoms with Crippen LogP contribution in [0.25, 0.3) is 0 Å². The Kier molecular flexibility index (Phi) is 6.84. The predicted octanol–water partition coefficient (Wildman–Crippen LogP) is 1.63. The van der Waals surface area contributed by atoms with Crippen LogP contribution in [0.15, 0.2) is 30.3 Å². The summed E-state index contributed by atoms with van der Waals surface area (Å²) in [6.45, 7) is -2.47. The van der Waals surface area contributed by atoms with Crippen LogP contribution in [0.3, 0.4) is 0 Å². The molecular formula is C14H16F3NO4. The Morgan fingerprint density at radius 1 is 1.23 bits per heavy atom. The first-order valence-electron chi connectivity index (χ1n) is 6.46. The minimum Gasteiger partial charge on any atom is -0.481 e. The highest BCUT2D eigenvalue weighted by Gasteiger charge is 2.28. The molecule has 0 saturated heterocycles. The quantitative estimate of drug-likeness (QED) is 0.763. The van der Waals surface area contributed by atoms with Gasteiger partial charge < -0.3 is 15.2 Å². The summed E-state index contributed by atoms with van der Waals surface area (Å²) in [4.78, 5) is 22.4.